The summed E-state index contributed by atoms with van der Waals surface area (Å²) in [7, 11) is 0. The second-order valence-corrected chi connectivity index (χ2v) is 13.0. The lowest BCUT2D eigenvalue weighted by molar-refractivity contribution is 0.110. The lowest BCUT2D eigenvalue weighted by Gasteiger charge is -2.42. The standard InChI is InChI=1S/C23H40ClNO2S/c1-16(2)19(15-26)23(9,25-28(27)22(6,7)8)18-11-10-17(20(24)14-18)12-13-21(3,4)5/h10-11,14,16,19,25-26H,12-13,15H2,1-9H3/t19?,23?,28-/m0/s1. The van der Waals surface area contributed by atoms with Gasteiger partial charge in [-0.3, -0.25) is 0 Å². The molecule has 0 fully saturated rings. The van der Waals surface area contributed by atoms with Gasteiger partial charge < -0.3 is 9.66 Å². The van der Waals surface area contributed by atoms with E-state index in [2.05, 4.69) is 51.5 Å². The van der Waals surface area contributed by atoms with Crippen molar-refractivity contribution < 1.29 is 9.66 Å². The number of aryl methyl sites for hydroxylation is 1. The molecule has 2 unspecified atom stereocenters. The highest BCUT2D eigenvalue weighted by atomic mass is 35.5. The zero-order valence-electron chi connectivity index (χ0n) is 19.1. The Labute approximate surface area is 181 Å². The Morgan fingerprint density at radius 1 is 1.11 bits per heavy atom. The van der Waals surface area contributed by atoms with E-state index < -0.39 is 21.6 Å². The van der Waals surface area contributed by atoms with Crippen LogP contribution in [-0.2, 0) is 23.3 Å². The van der Waals surface area contributed by atoms with Crippen LogP contribution in [0.3, 0.4) is 0 Å². The van der Waals surface area contributed by atoms with E-state index in [1.165, 1.54) is 0 Å². The molecule has 0 aliphatic rings. The molecule has 3 nitrogen and oxygen atoms in total. The third-order valence-electron chi connectivity index (χ3n) is 5.40. The van der Waals surface area contributed by atoms with Crippen molar-refractivity contribution in [3.8, 4) is 0 Å². The van der Waals surface area contributed by atoms with E-state index in [1.807, 2.05) is 33.8 Å². The molecule has 28 heavy (non-hydrogen) atoms. The number of halogens is 1. The molecule has 0 amide bonds. The summed E-state index contributed by atoms with van der Waals surface area (Å²) >= 11 is 5.37. The Morgan fingerprint density at radius 3 is 2.07 bits per heavy atom. The second-order valence-electron chi connectivity index (χ2n) is 10.6. The highest BCUT2D eigenvalue weighted by molar-refractivity contribution is 7.90. The van der Waals surface area contributed by atoms with Crippen LogP contribution in [0.5, 0.6) is 0 Å². The molecule has 162 valence electrons. The molecule has 0 saturated carbocycles. The molecule has 0 aliphatic heterocycles. The Kier molecular flexibility index (Phi) is 8.93. The zero-order chi connectivity index (χ0) is 21.9. The van der Waals surface area contributed by atoms with E-state index in [0.29, 0.717) is 0 Å². The molecular formula is C23H40ClNO2S. The first-order chi connectivity index (χ1) is 12.6. The van der Waals surface area contributed by atoms with Gasteiger partial charge in [-0.25, -0.2) is 0 Å². The molecule has 0 aliphatic carbocycles. The molecule has 0 saturated heterocycles. The largest absolute Gasteiger partial charge is 0.598 e. The van der Waals surface area contributed by atoms with Crippen LogP contribution in [0.15, 0.2) is 18.2 Å². The monoisotopic (exact) mass is 429 g/mol. The molecular weight excluding hydrogens is 390 g/mol. The zero-order valence-corrected chi connectivity index (χ0v) is 20.7. The SMILES string of the molecule is CC(C)C(CO)C(C)(N[S@@+]([O-])C(C)(C)C)c1ccc(CCC(C)(C)C)c(Cl)c1. The minimum Gasteiger partial charge on any atom is -0.598 e. The van der Waals surface area contributed by atoms with Gasteiger partial charge in [0, 0.05) is 28.9 Å². The second kappa shape index (κ2) is 9.70. The Morgan fingerprint density at radius 2 is 1.68 bits per heavy atom. The van der Waals surface area contributed by atoms with Gasteiger partial charge in [-0.05, 0) is 69.1 Å². The summed E-state index contributed by atoms with van der Waals surface area (Å²) in [5.41, 5.74) is 1.68. The molecule has 0 heterocycles. The van der Waals surface area contributed by atoms with Gasteiger partial charge in [0.1, 0.15) is 4.75 Å². The molecule has 0 aromatic heterocycles. The summed E-state index contributed by atoms with van der Waals surface area (Å²) in [6.45, 7) is 18.7. The molecule has 0 radical (unpaired) electrons. The lowest BCUT2D eigenvalue weighted by atomic mass is 9.74. The summed E-state index contributed by atoms with van der Waals surface area (Å²) in [6.07, 6.45) is 1.98. The third kappa shape index (κ3) is 6.91. The van der Waals surface area contributed by atoms with Gasteiger partial charge in [0.05, 0.1) is 5.54 Å². The van der Waals surface area contributed by atoms with Crippen molar-refractivity contribution in [3.05, 3.63) is 34.3 Å². The van der Waals surface area contributed by atoms with Gasteiger partial charge in [-0.1, -0.05) is 58.4 Å². The fourth-order valence-corrected chi connectivity index (χ4v) is 4.57. The molecule has 0 spiro atoms. The maximum absolute atomic E-state index is 12.9. The summed E-state index contributed by atoms with van der Waals surface area (Å²) in [5, 5.41) is 10.9. The van der Waals surface area contributed by atoms with E-state index in [9.17, 15) is 9.66 Å². The Balaban J connectivity index is 3.32. The molecule has 2 N–H and O–H groups in total. The Hall–Kier alpha value is -0.260. The fourth-order valence-electron chi connectivity index (χ4n) is 3.34. The van der Waals surface area contributed by atoms with E-state index in [1.54, 1.807) is 0 Å². The normalized spacial score (nSPS) is 17.5. The number of rotatable bonds is 8. The van der Waals surface area contributed by atoms with Crippen molar-refractivity contribution in [1.29, 1.82) is 0 Å². The maximum atomic E-state index is 12.9. The lowest BCUT2D eigenvalue weighted by Crippen LogP contribution is -2.55. The third-order valence-corrected chi connectivity index (χ3v) is 7.47. The van der Waals surface area contributed by atoms with Crippen LogP contribution < -0.4 is 4.72 Å². The highest BCUT2D eigenvalue weighted by Gasteiger charge is 2.44. The first-order valence-corrected chi connectivity index (χ1v) is 11.7. The van der Waals surface area contributed by atoms with Crippen molar-refractivity contribution in [2.45, 2.75) is 85.4 Å². The predicted molar refractivity (Wildman–Crippen MR) is 123 cm³/mol. The molecule has 1 aromatic rings. The molecule has 3 atom stereocenters. The number of hydrogen-bond acceptors (Lipinski definition) is 3. The van der Waals surface area contributed by atoms with Crippen LogP contribution >= 0.6 is 11.6 Å². The van der Waals surface area contributed by atoms with E-state index in [0.717, 1.165) is 29.0 Å². The van der Waals surface area contributed by atoms with Crippen molar-refractivity contribution in [1.82, 2.24) is 4.72 Å². The average molecular weight is 430 g/mol. The van der Waals surface area contributed by atoms with E-state index >= 15 is 0 Å². The van der Waals surface area contributed by atoms with Gasteiger partial charge in [-0.15, -0.1) is 4.72 Å². The highest BCUT2D eigenvalue weighted by Crippen LogP contribution is 2.38. The van der Waals surface area contributed by atoms with Crippen LogP contribution in [0.1, 0.15) is 79.9 Å². The fraction of sp³-hybridized carbons (Fsp3) is 0.739. The minimum atomic E-state index is -1.28. The molecule has 0 bridgehead atoms. The van der Waals surface area contributed by atoms with Crippen LogP contribution in [0.25, 0.3) is 0 Å². The maximum Gasteiger partial charge on any atom is 0.136 e. The van der Waals surface area contributed by atoms with Crippen LogP contribution in [0.2, 0.25) is 5.02 Å². The van der Waals surface area contributed by atoms with Gasteiger partial charge in [0.15, 0.2) is 0 Å². The van der Waals surface area contributed by atoms with E-state index in [-0.39, 0.29) is 23.9 Å². The average Bonchev–Trinajstić information content (AvgIpc) is 2.51. The van der Waals surface area contributed by atoms with E-state index in [4.69, 9.17) is 11.6 Å². The number of hydrogen-bond donors (Lipinski definition) is 2. The first kappa shape index (κ1) is 25.8. The van der Waals surface area contributed by atoms with Gasteiger partial charge in [0.2, 0.25) is 0 Å². The van der Waals surface area contributed by atoms with Crippen molar-refractivity contribution in [3.63, 3.8) is 0 Å². The summed E-state index contributed by atoms with van der Waals surface area (Å²) in [6, 6.07) is 6.14. The molecule has 5 heteroatoms. The topological polar surface area (TPSA) is 55.3 Å². The number of benzene rings is 1. The van der Waals surface area contributed by atoms with Crippen LogP contribution in [-0.4, -0.2) is 21.0 Å². The van der Waals surface area contributed by atoms with Gasteiger partial charge in [0.25, 0.3) is 0 Å². The predicted octanol–water partition coefficient (Wildman–Crippen LogP) is 5.85. The first-order valence-electron chi connectivity index (χ1n) is 10.2. The number of aliphatic hydroxyl groups is 1. The van der Waals surface area contributed by atoms with Crippen molar-refractivity contribution in [2.75, 3.05) is 6.61 Å². The van der Waals surface area contributed by atoms with Crippen molar-refractivity contribution >= 4 is 23.0 Å². The smallest absolute Gasteiger partial charge is 0.136 e. The van der Waals surface area contributed by atoms with Crippen molar-refractivity contribution in [2.24, 2.45) is 17.3 Å². The van der Waals surface area contributed by atoms with Gasteiger partial charge in [-0.2, -0.15) is 0 Å². The van der Waals surface area contributed by atoms with Crippen LogP contribution in [0.4, 0.5) is 0 Å². The summed E-state index contributed by atoms with van der Waals surface area (Å²) in [4.78, 5) is 0. The molecule has 1 rings (SSSR count). The van der Waals surface area contributed by atoms with Gasteiger partial charge >= 0.3 is 0 Å². The number of nitrogens with one attached hydrogen (secondary N) is 1. The summed E-state index contributed by atoms with van der Waals surface area (Å²) < 4.78 is 15.9. The van der Waals surface area contributed by atoms with Crippen LogP contribution in [0, 0.1) is 17.3 Å². The Bertz CT molecular complexity index is 636. The number of aliphatic hydroxyl groups excluding tert-OH is 1. The summed E-state index contributed by atoms with van der Waals surface area (Å²) in [5.74, 6) is 0.106. The quantitative estimate of drug-likeness (QED) is 0.509. The molecule has 1 aromatic carbocycles. The minimum absolute atomic E-state index is 0.00586.